The molecule has 1 aromatic rings. The molecule has 0 aliphatic carbocycles. The first-order valence-electron chi connectivity index (χ1n) is 4.63. The van der Waals surface area contributed by atoms with Crippen molar-refractivity contribution in [2.75, 3.05) is 11.9 Å². The summed E-state index contributed by atoms with van der Waals surface area (Å²) in [6.45, 7) is 3.45. The molecule has 0 saturated carbocycles. The topological polar surface area (TPSA) is 20.3 Å². The zero-order valence-corrected chi connectivity index (χ0v) is 8.82. The van der Waals surface area contributed by atoms with Gasteiger partial charge in [-0.1, -0.05) is 24.3 Å². The van der Waals surface area contributed by atoms with Crippen LogP contribution in [0.15, 0.2) is 42.1 Å². The normalized spacial score (nSPS) is 11.2. The van der Waals surface area contributed by atoms with Gasteiger partial charge >= 0.3 is 0 Å². The summed E-state index contributed by atoms with van der Waals surface area (Å²) in [6.07, 6.45) is 1.83. The van der Waals surface area contributed by atoms with Gasteiger partial charge in [0.05, 0.1) is 5.70 Å². The zero-order valence-electron chi connectivity index (χ0n) is 8.82. The lowest BCUT2D eigenvalue weighted by molar-refractivity contribution is -0.113. The number of carbonyl (C=O) groups is 1. The fraction of sp³-hybridized carbons (Fsp3) is 0.250. The van der Waals surface area contributed by atoms with Gasteiger partial charge in [-0.3, -0.25) is 4.79 Å². The van der Waals surface area contributed by atoms with Gasteiger partial charge in [-0.2, -0.15) is 0 Å². The number of Topliss-reactive ketones (excluding diaryl/α,β-unsaturated/α-hetero) is 1. The minimum absolute atomic E-state index is 0.0823. The Hall–Kier alpha value is -1.57. The number of carbonyl (C=O) groups excluding carboxylic acids is 1. The summed E-state index contributed by atoms with van der Waals surface area (Å²) in [6, 6.07) is 9.83. The molecule has 0 aliphatic heterocycles. The quantitative estimate of drug-likeness (QED) is 0.681. The Morgan fingerprint density at radius 3 is 2.29 bits per heavy atom. The van der Waals surface area contributed by atoms with E-state index in [9.17, 15) is 4.79 Å². The molecule has 1 rings (SSSR count). The molecule has 0 spiro atoms. The summed E-state index contributed by atoms with van der Waals surface area (Å²) in [5, 5.41) is 0. The average molecular weight is 189 g/mol. The maximum Gasteiger partial charge on any atom is 0.175 e. The van der Waals surface area contributed by atoms with Crippen molar-refractivity contribution in [3.05, 3.63) is 42.1 Å². The summed E-state index contributed by atoms with van der Waals surface area (Å²) in [7, 11) is 1.89. The molecule has 0 saturated heterocycles. The number of anilines is 1. The van der Waals surface area contributed by atoms with Crippen LogP contribution in [0.4, 0.5) is 5.69 Å². The third-order valence-corrected chi connectivity index (χ3v) is 2.14. The molecule has 0 fully saturated rings. The lowest BCUT2D eigenvalue weighted by Gasteiger charge is -2.20. The van der Waals surface area contributed by atoms with Gasteiger partial charge in [0.1, 0.15) is 0 Å². The van der Waals surface area contributed by atoms with Crippen LogP contribution in [0.3, 0.4) is 0 Å². The van der Waals surface area contributed by atoms with Crippen LogP contribution in [0, 0.1) is 0 Å². The summed E-state index contributed by atoms with van der Waals surface area (Å²) >= 11 is 0. The lowest BCUT2D eigenvalue weighted by Crippen LogP contribution is -2.21. The van der Waals surface area contributed by atoms with E-state index in [4.69, 9.17) is 0 Å². The fourth-order valence-electron chi connectivity index (χ4n) is 1.42. The van der Waals surface area contributed by atoms with Gasteiger partial charge in [0.25, 0.3) is 0 Å². The molecule has 0 bridgehead atoms. The number of rotatable bonds is 3. The van der Waals surface area contributed by atoms with Crippen LogP contribution in [-0.2, 0) is 4.79 Å². The van der Waals surface area contributed by atoms with E-state index in [-0.39, 0.29) is 5.78 Å². The fourth-order valence-corrected chi connectivity index (χ4v) is 1.42. The van der Waals surface area contributed by atoms with E-state index in [1.165, 1.54) is 0 Å². The number of ketones is 1. The number of benzene rings is 1. The SMILES string of the molecule is C/C=C(/C(C)=O)N(C)c1ccccc1. The maximum atomic E-state index is 11.3. The molecule has 0 aliphatic rings. The number of allylic oxidation sites excluding steroid dienone is 2. The van der Waals surface area contributed by atoms with E-state index in [1.54, 1.807) is 6.92 Å². The van der Waals surface area contributed by atoms with E-state index in [2.05, 4.69) is 0 Å². The van der Waals surface area contributed by atoms with Gasteiger partial charge in [-0.15, -0.1) is 0 Å². The summed E-state index contributed by atoms with van der Waals surface area (Å²) < 4.78 is 0. The number of hydrogen-bond donors (Lipinski definition) is 0. The Bertz CT molecular complexity index is 341. The van der Waals surface area contributed by atoms with Gasteiger partial charge in [-0.25, -0.2) is 0 Å². The number of hydrogen-bond acceptors (Lipinski definition) is 2. The molecule has 74 valence electrons. The summed E-state index contributed by atoms with van der Waals surface area (Å²) in [5.41, 5.74) is 1.74. The molecular formula is C12H15NO. The van der Waals surface area contributed by atoms with Crippen molar-refractivity contribution < 1.29 is 4.79 Å². The number of likely N-dealkylation sites (N-methyl/N-ethyl adjacent to an activating group) is 1. The first kappa shape index (κ1) is 10.5. The highest BCUT2D eigenvalue weighted by atomic mass is 16.1. The molecule has 0 amide bonds. The van der Waals surface area contributed by atoms with Crippen molar-refractivity contribution in [2.45, 2.75) is 13.8 Å². The Labute approximate surface area is 84.9 Å². The first-order valence-corrected chi connectivity index (χ1v) is 4.63. The molecule has 0 radical (unpaired) electrons. The molecule has 1 aromatic carbocycles. The van der Waals surface area contributed by atoms with Crippen molar-refractivity contribution >= 4 is 11.5 Å². The van der Waals surface area contributed by atoms with Gasteiger partial charge in [0.2, 0.25) is 0 Å². The molecule has 0 atom stereocenters. The van der Waals surface area contributed by atoms with Crippen LogP contribution in [0.5, 0.6) is 0 Å². The Morgan fingerprint density at radius 2 is 1.86 bits per heavy atom. The van der Waals surface area contributed by atoms with E-state index in [1.807, 2.05) is 55.3 Å². The third-order valence-electron chi connectivity index (χ3n) is 2.14. The van der Waals surface area contributed by atoms with Crippen molar-refractivity contribution in [3.8, 4) is 0 Å². The molecule has 14 heavy (non-hydrogen) atoms. The van der Waals surface area contributed by atoms with E-state index in [0.29, 0.717) is 0 Å². The predicted molar refractivity (Wildman–Crippen MR) is 59.3 cm³/mol. The highest BCUT2D eigenvalue weighted by Crippen LogP contribution is 2.16. The smallest absolute Gasteiger partial charge is 0.175 e. The maximum absolute atomic E-state index is 11.3. The standard InChI is InChI=1S/C12H15NO/c1-4-12(10(2)14)13(3)11-8-6-5-7-9-11/h4-9H,1-3H3/b12-4-. The van der Waals surface area contributed by atoms with Crippen LogP contribution >= 0.6 is 0 Å². The second-order valence-corrected chi connectivity index (χ2v) is 3.12. The van der Waals surface area contributed by atoms with Crippen LogP contribution in [0.2, 0.25) is 0 Å². The highest BCUT2D eigenvalue weighted by molar-refractivity contribution is 5.96. The molecule has 2 heteroatoms. The minimum Gasteiger partial charge on any atom is -0.342 e. The Kier molecular flexibility index (Phi) is 3.46. The predicted octanol–water partition coefficient (Wildman–Crippen LogP) is 2.62. The van der Waals surface area contributed by atoms with Gasteiger partial charge in [-0.05, 0) is 19.1 Å². The van der Waals surface area contributed by atoms with Crippen molar-refractivity contribution in [1.29, 1.82) is 0 Å². The molecule has 0 N–H and O–H groups in total. The molecule has 2 nitrogen and oxygen atoms in total. The highest BCUT2D eigenvalue weighted by Gasteiger charge is 2.09. The second kappa shape index (κ2) is 4.61. The lowest BCUT2D eigenvalue weighted by atomic mass is 10.2. The first-order chi connectivity index (χ1) is 6.66. The zero-order chi connectivity index (χ0) is 10.6. The minimum atomic E-state index is 0.0823. The van der Waals surface area contributed by atoms with Gasteiger partial charge in [0.15, 0.2) is 5.78 Å². The van der Waals surface area contributed by atoms with E-state index >= 15 is 0 Å². The monoisotopic (exact) mass is 189 g/mol. The Balaban J connectivity index is 2.96. The number of nitrogens with zero attached hydrogens (tertiary/aromatic N) is 1. The van der Waals surface area contributed by atoms with Crippen molar-refractivity contribution in [1.82, 2.24) is 0 Å². The van der Waals surface area contributed by atoms with Crippen molar-refractivity contribution in [2.24, 2.45) is 0 Å². The number of para-hydroxylation sites is 1. The second-order valence-electron chi connectivity index (χ2n) is 3.12. The summed E-state index contributed by atoms with van der Waals surface area (Å²) in [4.78, 5) is 13.2. The average Bonchev–Trinajstić information content (AvgIpc) is 2.19. The van der Waals surface area contributed by atoms with E-state index in [0.717, 1.165) is 11.4 Å². The van der Waals surface area contributed by atoms with Crippen molar-refractivity contribution in [3.63, 3.8) is 0 Å². The van der Waals surface area contributed by atoms with Crippen LogP contribution in [0.1, 0.15) is 13.8 Å². The summed E-state index contributed by atoms with van der Waals surface area (Å²) in [5.74, 6) is 0.0823. The van der Waals surface area contributed by atoms with Crippen LogP contribution in [0.25, 0.3) is 0 Å². The molecule has 0 unspecified atom stereocenters. The molecule has 0 aromatic heterocycles. The van der Waals surface area contributed by atoms with Gasteiger partial charge in [0, 0.05) is 19.7 Å². The van der Waals surface area contributed by atoms with Crippen LogP contribution in [-0.4, -0.2) is 12.8 Å². The van der Waals surface area contributed by atoms with E-state index < -0.39 is 0 Å². The van der Waals surface area contributed by atoms with Gasteiger partial charge < -0.3 is 4.90 Å². The molecule has 0 heterocycles. The Morgan fingerprint density at radius 1 is 1.29 bits per heavy atom. The largest absolute Gasteiger partial charge is 0.342 e. The van der Waals surface area contributed by atoms with Crippen LogP contribution < -0.4 is 4.90 Å². The third kappa shape index (κ3) is 2.22. The molecular weight excluding hydrogens is 174 g/mol.